The van der Waals surface area contributed by atoms with Crippen molar-refractivity contribution in [1.29, 1.82) is 0 Å². The number of fused-ring (bicyclic) bond motifs is 3. The van der Waals surface area contributed by atoms with E-state index in [9.17, 15) is 53.1 Å². The van der Waals surface area contributed by atoms with Gasteiger partial charge in [0.2, 0.25) is 17.7 Å². The van der Waals surface area contributed by atoms with E-state index in [4.69, 9.17) is 42.6 Å². The summed E-state index contributed by atoms with van der Waals surface area (Å²) in [7, 11) is 0. The molecule has 5 N–H and O–H groups in total. The smallest absolute Gasteiger partial charge is 0.407 e. The molecule has 0 saturated carbocycles. The lowest BCUT2D eigenvalue weighted by Gasteiger charge is -2.28. The Hall–Kier alpha value is -6.86. The Morgan fingerprint density at radius 3 is 1.38 bits per heavy atom. The highest BCUT2D eigenvalue weighted by molar-refractivity contribution is 5.98. The average molecular weight is 1260 g/mol. The monoisotopic (exact) mass is 1250 g/mol. The predicted octanol–water partition coefficient (Wildman–Crippen LogP) is 6.16. The quantitative estimate of drug-likeness (QED) is 0.0285. The van der Waals surface area contributed by atoms with Gasteiger partial charge in [0, 0.05) is 37.6 Å². The second-order valence-electron chi connectivity index (χ2n) is 26.0. The second kappa shape index (κ2) is 36.7. The molecule has 1 aliphatic rings. The second-order valence-corrected chi connectivity index (χ2v) is 26.0. The highest BCUT2D eigenvalue weighted by atomic mass is 16.6. The van der Waals surface area contributed by atoms with Crippen LogP contribution >= 0.6 is 0 Å². The van der Waals surface area contributed by atoms with Gasteiger partial charge in [-0.05, 0) is 118 Å². The number of aliphatic hydroxyl groups is 1. The number of hydrogen-bond donors (Lipinski definition) is 5. The van der Waals surface area contributed by atoms with Crippen LogP contribution in [0.3, 0.4) is 0 Å². The minimum absolute atomic E-state index is 0.00143. The first-order chi connectivity index (χ1) is 41.6. The molecule has 498 valence electrons. The standard InChI is InChI=1S/C65H98N4O20/c1-41(2)47(59(78)68-50(37-56(75)88-64(9,10)11)52(71)35-42(39-70)58(77)66-26-28-82-30-32-84-34-33-83-31-29-81-27-25-55(74)87-63(6,7)8)36-53(72)49(23-24-54(73)86-62(3,4)5)67-60(79)51(38-57(76)89-65(12,13)14)69-61(80)85-40-48-45-21-17-15-19-43(45)44-20-16-18-22-46(44)48/h15-22,41-42,47-51,70H,23-40H2,1-14H3,(H,66,77)(H,67,79)(H,68,78)(H,69,80)/t42-,47-,49-,50-,51-/m0/s1. The Bertz CT molecular complexity index is 2620. The summed E-state index contributed by atoms with van der Waals surface area (Å²) in [6.07, 6.45) is -4.25. The third kappa shape index (κ3) is 30.5. The molecule has 24 nitrogen and oxygen atoms in total. The van der Waals surface area contributed by atoms with Gasteiger partial charge < -0.3 is 69.0 Å². The zero-order valence-corrected chi connectivity index (χ0v) is 54.6. The van der Waals surface area contributed by atoms with E-state index in [1.54, 1.807) is 96.9 Å². The molecule has 0 fully saturated rings. The van der Waals surface area contributed by atoms with Crippen molar-refractivity contribution in [2.24, 2.45) is 17.8 Å². The van der Waals surface area contributed by atoms with Crippen molar-refractivity contribution in [3.8, 4) is 11.1 Å². The molecule has 4 amide bonds. The van der Waals surface area contributed by atoms with E-state index < -0.39 is 150 Å². The van der Waals surface area contributed by atoms with E-state index in [1.165, 1.54) is 0 Å². The van der Waals surface area contributed by atoms with Gasteiger partial charge >= 0.3 is 30.0 Å². The number of nitrogens with one attached hydrogen (secondary N) is 4. The third-order valence-corrected chi connectivity index (χ3v) is 13.1. The van der Waals surface area contributed by atoms with Crippen molar-refractivity contribution in [1.82, 2.24) is 21.3 Å². The predicted molar refractivity (Wildman–Crippen MR) is 327 cm³/mol. The Labute approximate surface area is 523 Å². The summed E-state index contributed by atoms with van der Waals surface area (Å²) in [6.45, 7) is 24.2. The highest BCUT2D eigenvalue weighted by Crippen LogP contribution is 2.44. The first kappa shape index (κ1) is 76.4. The zero-order chi connectivity index (χ0) is 66.7. The van der Waals surface area contributed by atoms with E-state index >= 15 is 0 Å². The Morgan fingerprint density at radius 1 is 0.472 bits per heavy atom. The van der Waals surface area contributed by atoms with Gasteiger partial charge in [0.05, 0.1) is 96.7 Å². The van der Waals surface area contributed by atoms with Crippen molar-refractivity contribution >= 4 is 59.3 Å². The molecule has 89 heavy (non-hydrogen) atoms. The molecule has 0 bridgehead atoms. The van der Waals surface area contributed by atoms with E-state index in [2.05, 4.69) is 21.3 Å². The molecule has 0 aliphatic heterocycles. The Morgan fingerprint density at radius 2 is 0.899 bits per heavy atom. The first-order valence-corrected chi connectivity index (χ1v) is 30.4. The number of carbonyl (C=O) groups excluding carboxylic acids is 10. The van der Waals surface area contributed by atoms with Crippen LogP contribution in [-0.4, -0.2) is 178 Å². The van der Waals surface area contributed by atoms with Crippen molar-refractivity contribution in [3.63, 3.8) is 0 Å². The molecule has 0 spiro atoms. The topological polar surface area (TPSA) is 322 Å². The van der Waals surface area contributed by atoms with E-state index in [0.717, 1.165) is 22.3 Å². The number of benzene rings is 2. The third-order valence-electron chi connectivity index (χ3n) is 13.1. The fourth-order valence-electron chi connectivity index (χ4n) is 9.17. The summed E-state index contributed by atoms with van der Waals surface area (Å²) < 4.78 is 49.3. The van der Waals surface area contributed by atoms with Gasteiger partial charge in [0.15, 0.2) is 11.6 Å². The summed E-state index contributed by atoms with van der Waals surface area (Å²) in [6, 6.07) is 10.6. The number of amides is 4. The zero-order valence-electron chi connectivity index (χ0n) is 54.6. The number of ketones is 2. The number of aliphatic hydroxyl groups excluding tert-OH is 1. The number of Topliss-reactive ketones (excluding diaryl/α,β-unsaturated/α-hetero) is 2. The van der Waals surface area contributed by atoms with Crippen LogP contribution in [-0.2, 0) is 85.8 Å². The lowest BCUT2D eigenvalue weighted by molar-refractivity contribution is -0.157. The average Bonchev–Trinajstić information content (AvgIpc) is 2.03. The number of hydrogen-bond acceptors (Lipinski definition) is 20. The van der Waals surface area contributed by atoms with Crippen LogP contribution < -0.4 is 21.3 Å². The minimum Gasteiger partial charge on any atom is -0.460 e. The fourth-order valence-corrected chi connectivity index (χ4v) is 9.17. The molecule has 0 radical (unpaired) electrons. The lowest BCUT2D eigenvalue weighted by Crippen LogP contribution is -2.53. The summed E-state index contributed by atoms with van der Waals surface area (Å²) in [5, 5.41) is 20.5. The molecule has 24 heteroatoms. The van der Waals surface area contributed by atoms with Gasteiger partial charge in [-0.2, -0.15) is 0 Å². The normalized spacial score (nSPS) is 14.2. The largest absolute Gasteiger partial charge is 0.460 e. The Balaban J connectivity index is 1.71. The molecular formula is C65H98N4O20. The number of esters is 4. The fraction of sp³-hybridized carbons (Fsp3) is 0.662. The van der Waals surface area contributed by atoms with Gasteiger partial charge in [-0.3, -0.25) is 43.2 Å². The van der Waals surface area contributed by atoms with Crippen LogP contribution in [0, 0.1) is 17.8 Å². The SMILES string of the molecule is CC(C)[C@H](CC(=O)[C@H](CCC(=O)OC(C)(C)C)NC(=O)[C@H](CC(=O)OC(C)(C)C)NC(=O)OCC1c2ccccc2-c2ccccc21)C(=O)N[C@@H](CC(=O)OC(C)(C)C)C(=O)C[C@@H](CO)C(=O)NCCOCCOCCOCCOCCC(=O)OC(C)(C)C. The number of ether oxygens (including phenoxy) is 9. The van der Waals surface area contributed by atoms with E-state index in [0.29, 0.717) is 19.8 Å². The van der Waals surface area contributed by atoms with E-state index in [1.807, 2.05) is 48.5 Å². The number of rotatable bonds is 38. The molecule has 0 saturated heterocycles. The van der Waals surface area contributed by atoms with Crippen molar-refractivity contribution < 1.29 is 95.7 Å². The van der Waals surface area contributed by atoms with E-state index in [-0.39, 0.29) is 70.9 Å². The summed E-state index contributed by atoms with van der Waals surface area (Å²) in [5.74, 6) is -10.5. The molecular weight excluding hydrogens is 1160 g/mol. The number of carbonyl (C=O) groups is 10. The van der Waals surface area contributed by atoms with Crippen LogP contribution in [0.25, 0.3) is 11.1 Å². The molecule has 2 aromatic carbocycles. The van der Waals surface area contributed by atoms with Crippen molar-refractivity contribution in [2.75, 3.05) is 72.6 Å². The van der Waals surface area contributed by atoms with Gasteiger partial charge in [-0.15, -0.1) is 0 Å². The maximum atomic E-state index is 14.6. The number of alkyl carbamates (subject to hydrolysis) is 1. The van der Waals surface area contributed by atoms with Crippen LogP contribution in [0.4, 0.5) is 4.79 Å². The Kier molecular flexibility index (Phi) is 31.5. The molecule has 2 aromatic rings. The van der Waals surface area contributed by atoms with Crippen LogP contribution in [0.15, 0.2) is 48.5 Å². The molecule has 3 rings (SSSR count). The summed E-state index contributed by atoms with van der Waals surface area (Å²) in [4.78, 5) is 136. The molecule has 0 unspecified atom stereocenters. The molecule has 5 atom stereocenters. The molecule has 0 heterocycles. The minimum atomic E-state index is -1.67. The summed E-state index contributed by atoms with van der Waals surface area (Å²) >= 11 is 0. The maximum absolute atomic E-state index is 14.6. The molecule has 1 aliphatic carbocycles. The van der Waals surface area contributed by atoms with Gasteiger partial charge in [0.1, 0.15) is 35.1 Å². The lowest BCUT2D eigenvalue weighted by atomic mass is 9.86. The molecule has 0 aromatic heterocycles. The van der Waals surface area contributed by atoms with Crippen molar-refractivity contribution in [2.45, 2.75) is 188 Å². The maximum Gasteiger partial charge on any atom is 0.407 e. The van der Waals surface area contributed by atoms with Gasteiger partial charge in [-0.1, -0.05) is 62.4 Å². The summed E-state index contributed by atoms with van der Waals surface area (Å²) in [5.41, 5.74) is 0.341. The van der Waals surface area contributed by atoms with Gasteiger partial charge in [0.25, 0.3) is 0 Å². The van der Waals surface area contributed by atoms with Crippen LogP contribution in [0.5, 0.6) is 0 Å². The van der Waals surface area contributed by atoms with Crippen LogP contribution in [0.2, 0.25) is 0 Å². The highest BCUT2D eigenvalue weighted by Gasteiger charge is 2.38. The van der Waals surface area contributed by atoms with Crippen LogP contribution in [0.1, 0.15) is 159 Å². The first-order valence-electron chi connectivity index (χ1n) is 30.4. The van der Waals surface area contributed by atoms with Crippen molar-refractivity contribution in [3.05, 3.63) is 59.7 Å². The van der Waals surface area contributed by atoms with Gasteiger partial charge in [-0.25, -0.2) is 4.79 Å².